The van der Waals surface area contributed by atoms with Crippen molar-refractivity contribution in [3.63, 3.8) is 0 Å². The van der Waals surface area contributed by atoms with Gasteiger partial charge in [0.1, 0.15) is 6.73 Å². The zero-order valence-corrected chi connectivity index (χ0v) is 10.5. The molecule has 1 saturated heterocycles. The summed E-state index contributed by atoms with van der Waals surface area (Å²) >= 11 is 0. The summed E-state index contributed by atoms with van der Waals surface area (Å²) in [6.45, 7) is 10.5. The molecule has 0 aliphatic carbocycles. The lowest BCUT2D eigenvalue weighted by atomic mass is 10.00. The van der Waals surface area contributed by atoms with E-state index < -0.39 is 0 Å². The maximum atomic E-state index is 5.42. The number of hydrogen-bond donors (Lipinski definition) is 1. The van der Waals surface area contributed by atoms with Crippen LogP contribution in [0, 0.1) is 5.92 Å². The van der Waals surface area contributed by atoms with Gasteiger partial charge >= 0.3 is 0 Å². The van der Waals surface area contributed by atoms with Crippen LogP contribution in [0.1, 0.15) is 26.7 Å². The summed E-state index contributed by atoms with van der Waals surface area (Å²) in [5.74, 6) is 0.604. The van der Waals surface area contributed by atoms with Crippen molar-refractivity contribution >= 4 is 0 Å². The molecule has 0 aromatic heterocycles. The number of rotatable bonds is 5. The van der Waals surface area contributed by atoms with Gasteiger partial charge in [-0.3, -0.25) is 5.32 Å². The minimum Gasteiger partial charge on any atom is -0.351 e. The first-order valence-corrected chi connectivity index (χ1v) is 6.11. The summed E-state index contributed by atoms with van der Waals surface area (Å²) in [5, 5.41) is 3.29. The number of hydrogen-bond acceptors (Lipinski definition) is 3. The Hall–Kier alpha value is -0.800. The summed E-state index contributed by atoms with van der Waals surface area (Å²) < 4.78 is 5.42. The average Bonchev–Trinajstić information content (AvgIpc) is 2.51. The third kappa shape index (κ3) is 4.37. The molecule has 92 valence electrons. The highest BCUT2D eigenvalue weighted by molar-refractivity contribution is 4.90. The van der Waals surface area contributed by atoms with Crippen molar-refractivity contribution < 1.29 is 4.74 Å². The molecule has 0 radical (unpaired) electrons. The second-order valence-electron chi connectivity index (χ2n) is 4.33. The Kier molecular flexibility index (Phi) is 6.19. The number of nitrogens with one attached hydrogen (secondary N) is 1. The van der Waals surface area contributed by atoms with Crippen LogP contribution in [0.4, 0.5) is 0 Å². The Morgan fingerprint density at radius 2 is 2.44 bits per heavy atom. The molecule has 3 heteroatoms. The van der Waals surface area contributed by atoms with Gasteiger partial charge in [0.2, 0.25) is 0 Å². The van der Waals surface area contributed by atoms with Crippen LogP contribution in [0.3, 0.4) is 0 Å². The Morgan fingerprint density at radius 1 is 1.62 bits per heavy atom. The lowest BCUT2D eigenvalue weighted by molar-refractivity contribution is 0.0530. The van der Waals surface area contributed by atoms with E-state index in [1.165, 1.54) is 0 Å². The number of allylic oxidation sites excluding steroid dienone is 2. The van der Waals surface area contributed by atoms with E-state index in [1.54, 1.807) is 0 Å². The first-order chi connectivity index (χ1) is 7.77. The summed E-state index contributed by atoms with van der Waals surface area (Å²) in [5.41, 5.74) is 0. The van der Waals surface area contributed by atoms with Crippen LogP contribution in [-0.4, -0.2) is 30.9 Å². The molecule has 0 saturated carbocycles. The van der Waals surface area contributed by atoms with Gasteiger partial charge in [0.05, 0.1) is 6.73 Å². The molecule has 1 heterocycles. The van der Waals surface area contributed by atoms with E-state index in [9.17, 15) is 0 Å². The molecule has 2 atom stereocenters. The zero-order chi connectivity index (χ0) is 11.8. The monoisotopic (exact) mass is 224 g/mol. The predicted molar refractivity (Wildman–Crippen MR) is 67.9 cm³/mol. The van der Waals surface area contributed by atoms with Gasteiger partial charge in [-0.25, -0.2) is 0 Å². The topological polar surface area (TPSA) is 24.5 Å². The van der Waals surface area contributed by atoms with E-state index in [-0.39, 0.29) is 0 Å². The van der Waals surface area contributed by atoms with Crippen LogP contribution < -0.4 is 5.32 Å². The van der Waals surface area contributed by atoms with Crippen molar-refractivity contribution in [3.05, 3.63) is 24.9 Å². The van der Waals surface area contributed by atoms with Crippen LogP contribution in [0.2, 0.25) is 0 Å². The van der Waals surface area contributed by atoms with Crippen LogP contribution in [0.5, 0.6) is 0 Å². The van der Waals surface area contributed by atoms with Crippen molar-refractivity contribution in [1.82, 2.24) is 10.2 Å². The molecule has 0 spiro atoms. The zero-order valence-electron chi connectivity index (χ0n) is 10.5. The smallest absolute Gasteiger partial charge is 0.120 e. The van der Waals surface area contributed by atoms with E-state index in [4.69, 9.17) is 4.74 Å². The number of ether oxygens (including phenoxy) is 1. The largest absolute Gasteiger partial charge is 0.351 e. The normalized spacial score (nSPS) is 24.4. The minimum atomic E-state index is 0.483. The Balaban J connectivity index is 2.47. The fraction of sp³-hybridized carbons (Fsp3) is 0.692. The average molecular weight is 224 g/mol. The predicted octanol–water partition coefficient (Wildman–Crippen LogP) is 2.33. The molecule has 1 rings (SSSR count). The van der Waals surface area contributed by atoms with E-state index in [1.807, 2.05) is 6.20 Å². The molecule has 0 amide bonds. The van der Waals surface area contributed by atoms with Crippen molar-refractivity contribution in [1.29, 1.82) is 0 Å². The second-order valence-corrected chi connectivity index (χ2v) is 4.33. The maximum absolute atomic E-state index is 5.42. The molecule has 3 nitrogen and oxygen atoms in total. The highest BCUT2D eigenvalue weighted by atomic mass is 16.5. The molecule has 1 fully saturated rings. The molecule has 0 bridgehead atoms. The molecule has 1 aliphatic rings. The van der Waals surface area contributed by atoms with Gasteiger partial charge in [-0.2, -0.15) is 0 Å². The van der Waals surface area contributed by atoms with Gasteiger partial charge in [0, 0.05) is 12.6 Å². The molecule has 0 aromatic rings. The SMILES string of the molecule is C=CN1COCNCC1C[C@@H](C)/C=C\CC. The molecule has 16 heavy (non-hydrogen) atoms. The van der Waals surface area contributed by atoms with Gasteiger partial charge in [0.25, 0.3) is 0 Å². The second kappa shape index (κ2) is 7.47. The van der Waals surface area contributed by atoms with Crippen molar-refractivity contribution in [3.8, 4) is 0 Å². The van der Waals surface area contributed by atoms with Gasteiger partial charge in [-0.05, 0) is 25.0 Å². The minimum absolute atomic E-state index is 0.483. The van der Waals surface area contributed by atoms with Crippen LogP contribution in [0.15, 0.2) is 24.9 Å². The highest BCUT2D eigenvalue weighted by Gasteiger charge is 2.19. The molecular weight excluding hydrogens is 200 g/mol. The van der Waals surface area contributed by atoms with Gasteiger partial charge < -0.3 is 9.64 Å². The highest BCUT2D eigenvalue weighted by Crippen LogP contribution is 2.14. The summed E-state index contributed by atoms with van der Waals surface area (Å²) in [6, 6.07) is 0.483. The molecule has 0 aromatic carbocycles. The fourth-order valence-electron chi connectivity index (χ4n) is 1.97. The molecule has 1 unspecified atom stereocenters. The van der Waals surface area contributed by atoms with Gasteiger partial charge in [0.15, 0.2) is 0 Å². The Labute approximate surface area is 99.2 Å². The van der Waals surface area contributed by atoms with E-state index >= 15 is 0 Å². The van der Waals surface area contributed by atoms with Crippen molar-refractivity contribution in [2.24, 2.45) is 5.92 Å². The van der Waals surface area contributed by atoms with Crippen LogP contribution in [-0.2, 0) is 4.74 Å². The van der Waals surface area contributed by atoms with Crippen LogP contribution in [0.25, 0.3) is 0 Å². The summed E-state index contributed by atoms with van der Waals surface area (Å²) in [4.78, 5) is 2.18. The first kappa shape index (κ1) is 13.3. The van der Waals surface area contributed by atoms with Gasteiger partial charge in [-0.1, -0.05) is 32.6 Å². The summed E-state index contributed by atoms with van der Waals surface area (Å²) in [6.07, 6.45) is 8.67. The lowest BCUT2D eigenvalue weighted by Gasteiger charge is -2.28. The maximum Gasteiger partial charge on any atom is 0.120 e. The number of nitrogens with zero attached hydrogens (tertiary/aromatic N) is 1. The third-order valence-electron chi connectivity index (χ3n) is 2.87. The van der Waals surface area contributed by atoms with E-state index in [2.05, 4.69) is 42.8 Å². The quantitative estimate of drug-likeness (QED) is 0.725. The standard InChI is InChI=1S/C13H24N2O/c1-4-6-7-12(3)8-13-9-14-10-16-11-15(13)5-2/h5-7,12-14H,2,4,8-11H2,1,3H3/b7-6-/t12-,13?/m0/s1. The Bertz CT molecular complexity index is 228. The lowest BCUT2D eigenvalue weighted by Crippen LogP contribution is -2.37. The molecular formula is C13H24N2O. The first-order valence-electron chi connectivity index (χ1n) is 6.11. The molecule has 1 N–H and O–H groups in total. The van der Waals surface area contributed by atoms with E-state index in [0.29, 0.717) is 25.4 Å². The third-order valence-corrected chi connectivity index (χ3v) is 2.87. The van der Waals surface area contributed by atoms with Gasteiger partial charge in [-0.15, -0.1) is 0 Å². The summed E-state index contributed by atoms with van der Waals surface area (Å²) in [7, 11) is 0. The van der Waals surface area contributed by atoms with Crippen molar-refractivity contribution in [2.45, 2.75) is 32.7 Å². The van der Waals surface area contributed by atoms with E-state index in [0.717, 1.165) is 19.4 Å². The Morgan fingerprint density at radius 3 is 3.12 bits per heavy atom. The van der Waals surface area contributed by atoms with Crippen molar-refractivity contribution in [2.75, 3.05) is 20.0 Å². The fourth-order valence-corrected chi connectivity index (χ4v) is 1.97. The van der Waals surface area contributed by atoms with Crippen LogP contribution >= 0.6 is 0 Å². The molecule has 1 aliphatic heterocycles.